The van der Waals surface area contributed by atoms with Crippen molar-refractivity contribution >= 4 is 11.6 Å². The second-order valence-corrected chi connectivity index (χ2v) is 8.29. The highest BCUT2D eigenvalue weighted by Gasteiger charge is 2.31. The van der Waals surface area contributed by atoms with Crippen LogP contribution in [0.3, 0.4) is 0 Å². The number of aromatic nitrogens is 2. The van der Waals surface area contributed by atoms with Gasteiger partial charge in [0, 0.05) is 57.5 Å². The summed E-state index contributed by atoms with van der Waals surface area (Å²) in [4.78, 5) is 4.38. The molecule has 2 N–H and O–H groups in total. The number of aromatic amines is 1. The summed E-state index contributed by atoms with van der Waals surface area (Å²) in [5, 5.41) is 18.8. The fourth-order valence-electron chi connectivity index (χ4n) is 4.46. The van der Waals surface area contributed by atoms with E-state index in [1.807, 2.05) is 11.0 Å². The van der Waals surface area contributed by atoms with Gasteiger partial charge in [0.1, 0.15) is 11.5 Å². The van der Waals surface area contributed by atoms with Crippen molar-refractivity contribution in [2.24, 2.45) is 0 Å². The van der Waals surface area contributed by atoms with Gasteiger partial charge in [-0.15, -0.1) is 0 Å². The van der Waals surface area contributed by atoms with Crippen LogP contribution in [-0.2, 0) is 17.7 Å². The van der Waals surface area contributed by atoms with Crippen LogP contribution >= 0.6 is 11.6 Å². The first-order chi connectivity index (χ1) is 14.1. The maximum atomic E-state index is 13.8. The molecule has 1 atom stereocenters. The van der Waals surface area contributed by atoms with E-state index in [-0.39, 0.29) is 16.8 Å². The number of benzene rings is 1. The molecule has 1 fully saturated rings. The van der Waals surface area contributed by atoms with Gasteiger partial charge in [-0.3, -0.25) is 14.9 Å². The third-order valence-corrected chi connectivity index (χ3v) is 6.60. The molecule has 0 saturated carbocycles. The molecule has 0 amide bonds. The van der Waals surface area contributed by atoms with Crippen LogP contribution in [0.1, 0.15) is 47.5 Å². The van der Waals surface area contributed by atoms with Crippen molar-refractivity contribution in [1.29, 1.82) is 0 Å². The summed E-state index contributed by atoms with van der Waals surface area (Å²) in [5.74, 6) is -0.160. The number of halogens is 2. The zero-order valence-corrected chi connectivity index (χ0v) is 17.5. The SMILES string of the molecule is COCCN1CCc2[nH]nc(C(O)N3CCC(c4cccc(F)c4Cl)CC3)c2C1. The highest BCUT2D eigenvalue weighted by Crippen LogP contribution is 2.36. The topological polar surface area (TPSA) is 64.6 Å². The Hall–Kier alpha value is -1.51. The lowest BCUT2D eigenvalue weighted by Crippen LogP contribution is -2.38. The number of hydrogen-bond donors (Lipinski definition) is 2. The number of nitrogens with zero attached hydrogens (tertiary/aromatic N) is 3. The molecule has 6 nitrogen and oxygen atoms in total. The molecular weight excluding hydrogens is 395 g/mol. The summed E-state index contributed by atoms with van der Waals surface area (Å²) in [6.07, 6.45) is 1.82. The molecule has 0 spiro atoms. The fraction of sp³-hybridized carbons (Fsp3) is 0.571. The third-order valence-electron chi connectivity index (χ3n) is 6.20. The molecule has 4 rings (SSSR count). The zero-order valence-electron chi connectivity index (χ0n) is 16.7. The van der Waals surface area contributed by atoms with Crippen molar-refractivity contribution in [2.75, 3.05) is 39.9 Å². The molecule has 3 heterocycles. The van der Waals surface area contributed by atoms with E-state index >= 15 is 0 Å². The lowest BCUT2D eigenvalue weighted by Gasteiger charge is -2.35. The van der Waals surface area contributed by atoms with Gasteiger partial charge in [0.2, 0.25) is 0 Å². The van der Waals surface area contributed by atoms with Crippen LogP contribution < -0.4 is 0 Å². The number of H-pyrrole nitrogens is 1. The predicted octanol–water partition coefficient (Wildman–Crippen LogP) is 3.08. The number of ether oxygens (including phenoxy) is 1. The maximum absolute atomic E-state index is 13.8. The van der Waals surface area contributed by atoms with E-state index in [1.165, 1.54) is 6.07 Å². The van der Waals surface area contributed by atoms with Crippen LogP contribution in [0.4, 0.5) is 4.39 Å². The molecule has 0 radical (unpaired) electrons. The van der Waals surface area contributed by atoms with Crippen molar-refractivity contribution in [3.63, 3.8) is 0 Å². The van der Waals surface area contributed by atoms with Gasteiger partial charge in [0.15, 0.2) is 6.23 Å². The van der Waals surface area contributed by atoms with E-state index < -0.39 is 6.23 Å². The Labute approximate surface area is 175 Å². The number of aliphatic hydroxyl groups excluding tert-OH is 1. The zero-order chi connectivity index (χ0) is 20.4. The molecule has 1 saturated heterocycles. The van der Waals surface area contributed by atoms with Gasteiger partial charge in [-0.1, -0.05) is 23.7 Å². The first-order valence-corrected chi connectivity index (χ1v) is 10.6. The fourth-order valence-corrected chi connectivity index (χ4v) is 4.74. The average molecular weight is 423 g/mol. The number of fused-ring (bicyclic) bond motifs is 1. The van der Waals surface area contributed by atoms with Gasteiger partial charge < -0.3 is 9.84 Å². The van der Waals surface area contributed by atoms with Crippen LogP contribution in [0.15, 0.2) is 18.2 Å². The van der Waals surface area contributed by atoms with Crippen LogP contribution in [0.2, 0.25) is 5.02 Å². The molecule has 8 heteroatoms. The highest BCUT2D eigenvalue weighted by atomic mass is 35.5. The number of rotatable bonds is 6. The Kier molecular flexibility index (Phi) is 6.51. The van der Waals surface area contributed by atoms with Crippen molar-refractivity contribution in [1.82, 2.24) is 20.0 Å². The second kappa shape index (κ2) is 9.10. The molecule has 0 bridgehead atoms. The lowest BCUT2D eigenvalue weighted by atomic mass is 9.89. The van der Waals surface area contributed by atoms with Gasteiger partial charge >= 0.3 is 0 Å². The van der Waals surface area contributed by atoms with Crippen LogP contribution in [-0.4, -0.2) is 65.0 Å². The van der Waals surface area contributed by atoms with Crippen molar-refractivity contribution < 1.29 is 14.2 Å². The Morgan fingerprint density at radius 1 is 1.34 bits per heavy atom. The van der Waals surface area contributed by atoms with Crippen LogP contribution in [0, 0.1) is 5.82 Å². The third kappa shape index (κ3) is 4.34. The highest BCUT2D eigenvalue weighted by molar-refractivity contribution is 6.31. The Morgan fingerprint density at radius 3 is 2.90 bits per heavy atom. The number of aliphatic hydroxyl groups is 1. The van der Waals surface area contributed by atoms with E-state index in [0.29, 0.717) is 19.7 Å². The summed E-state index contributed by atoms with van der Waals surface area (Å²) >= 11 is 6.17. The molecule has 2 aliphatic heterocycles. The number of piperidine rings is 1. The smallest absolute Gasteiger partial charge is 0.152 e. The number of nitrogens with one attached hydrogen (secondary N) is 1. The van der Waals surface area contributed by atoms with Crippen molar-refractivity contribution in [2.45, 2.75) is 38.0 Å². The predicted molar refractivity (Wildman–Crippen MR) is 109 cm³/mol. The molecule has 29 heavy (non-hydrogen) atoms. The first kappa shape index (κ1) is 20.8. The lowest BCUT2D eigenvalue weighted by molar-refractivity contribution is -0.0172. The minimum atomic E-state index is -0.735. The standard InChI is InChI=1S/C21H28ClFN4O2/c1-29-12-11-26-8-7-18-16(13-26)20(25-24-18)21(28)27-9-5-14(6-10-27)15-3-2-4-17(23)19(15)22/h2-4,14,21,28H,5-13H2,1H3,(H,24,25). The Morgan fingerprint density at radius 2 is 2.14 bits per heavy atom. The normalized spacial score (nSPS) is 20.0. The Balaban J connectivity index is 1.41. The number of hydrogen-bond acceptors (Lipinski definition) is 5. The van der Waals surface area contributed by atoms with E-state index in [2.05, 4.69) is 15.1 Å². The molecule has 2 aliphatic rings. The number of methoxy groups -OCH3 is 1. The van der Waals surface area contributed by atoms with Crippen LogP contribution in [0.25, 0.3) is 0 Å². The summed E-state index contributed by atoms with van der Waals surface area (Å²) in [7, 11) is 1.71. The first-order valence-electron chi connectivity index (χ1n) is 10.2. The second-order valence-electron chi connectivity index (χ2n) is 7.91. The molecular formula is C21H28ClFN4O2. The van der Waals surface area contributed by atoms with Gasteiger partial charge in [0.25, 0.3) is 0 Å². The minimum Gasteiger partial charge on any atom is -0.383 e. The van der Waals surface area contributed by atoms with Gasteiger partial charge in [-0.25, -0.2) is 4.39 Å². The molecule has 0 aliphatic carbocycles. The minimum absolute atomic E-state index is 0.208. The van der Waals surface area contributed by atoms with Gasteiger partial charge in [0.05, 0.1) is 11.6 Å². The summed E-state index contributed by atoms with van der Waals surface area (Å²) in [6, 6.07) is 5.01. The average Bonchev–Trinajstić information content (AvgIpc) is 3.17. The quantitative estimate of drug-likeness (QED) is 0.749. The van der Waals surface area contributed by atoms with E-state index in [1.54, 1.807) is 13.2 Å². The van der Waals surface area contributed by atoms with Crippen molar-refractivity contribution in [3.8, 4) is 0 Å². The largest absolute Gasteiger partial charge is 0.383 e. The summed E-state index contributed by atoms with van der Waals surface area (Å²) in [6.45, 7) is 4.74. The Bertz CT molecular complexity index is 838. The van der Waals surface area contributed by atoms with Crippen LogP contribution in [0.5, 0.6) is 0 Å². The summed E-state index contributed by atoms with van der Waals surface area (Å²) < 4.78 is 19.0. The van der Waals surface area contributed by atoms with E-state index in [9.17, 15) is 9.50 Å². The monoisotopic (exact) mass is 422 g/mol. The molecule has 2 aromatic rings. The molecule has 158 valence electrons. The van der Waals surface area contributed by atoms with Gasteiger partial charge in [-0.2, -0.15) is 5.10 Å². The van der Waals surface area contributed by atoms with E-state index in [0.717, 1.165) is 61.4 Å². The van der Waals surface area contributed by atoms with Crippen molar-refractivity contribution in [3.05, 3.63) is 51.6 Å². The molecule has 1 unspecified atom stereocenters. The molecule has 1 aromatic heterocycles. The summed E-state index contributed by atoms with van der Waals surface area (Å²) in [5.41, 5.74) is 3.82. The maximum Gasteiger partial charge on any atom is 0.152 e. The van der Waals surface area contributed by atoms with E-state index in [4.69, 9.17) is 16.3 Å². The molecule has 1 aromatic carbocycles. The van der Waals surface area contributed by atoms with Gasteiger partial charge in [-0.05, 0) is 30.4 Å². The number of likely N-dealkylation sites (tertiary alicyclic amines) is 1.